The van der Waals surface area contributed by atoms with Crippen molar-refractivity contribution in [1.29, 1.82) is 0 Å². The Labute approximate surface area is 189 Å². The lowest BCUT2D eigenvalue weighted by Gasteiger charge is -2.27. The smallest absolute Gasteiger partial charge is 0.230 e. The number of rotatable bonds is 6. The summed E-state index contributed by atoms with van der Waals surface area (Å²) in [6, 6.07) is 9.34. The van der Waals surface area contributed by atoms with Crippen molar-refractivity contribution in [2.24, 2.45) is 0 Å². The van der Waals surface area contributed by atoms with Gasteiger partial charge in [-0.05, 0) is 31.2 Å². The van der Waals surface area contributed by atoms with Crippen LogP contribution in [0.5, 0.6) is 0 Å². The number of nitrogens with zero attached hydrogens (tertiary/aromatic N) is 7. The third-order valence-corrected chi connectivity index (χ3v) is 5.80. The summed E-state index contributed by atoms with van der Waals surface area (Å²) in [5, 5.41) is 11.7. The molecule has 0 amide bonds. The predicted molar refractivity (Wildman–Crippen MR) is 126 cm³/mol. The van der Waals surface area contributed by atoms with E-state index in [2.05, 4.69) is 50.8 Å². The van der Waals surface area contributed by atoms with Gasteiger partial charge in [-0.15, -0.1) is 0 Å². The molecule has 162 valence electrons. The number of thiazole rings is 1. The van der Waals surface area contributed by atoms with Gasteiger partial charge in [0.25, 0.3) is 0 Å². The van der Waals surface area contributed by atoms with Crippen LogP contribution in [0.4, 0.5) is 27.7 Å². The van der Waals surface area contributed by atoms with Crippen LogP contribution in [0.2, 0.25) is 0 Å². The third kappa shape index (κ3) is 4.79. The second-order valence-electron chi connectivity index (χ2n) is 7.19. The van der Waals surface area contributed by atoms with Crippen LogP contribution in [0.3, 0.4) is 0 Å². The fraction of sp³-hybridized carbons (Fsp3) is 0.238. The number of piperazine rings is 1. The van der Waals surface area contributed by atoms with Crippen molar-refractivity contribution >= 4 is 39.1 Å². The minimum atomic E-state index is 0.464. The van der Waals surface area contributed by atoms with Crippen molar-refractivity contribution in [3.05, 3.63) is 54.6 Å². The molecule has 0 aromatic carbocycles. The maximum Gasteiger partial charge on any atom is 0.230 e. The zero-order valence-corrected chi connectivity index (χ0v) is 18.3. The quantitative estimate of drug-likeness (QED) is 0.408. The summed E-state index contributed by atoms with van der Waals surface area (Å²) < 4.78 is 0. The number of anilines is 5. The topological polar surface area (TPSA) is 117 Å². The highest BCUT2D eigenvalue weighted by atomic mass is 32.1. The van der Waals surface area contributed by atoms with Gasteiger partial charge in [-0.1, -0.05) is 17.4 Å². The van der Waals surface area contributed by atoms with Crippen molar-refractivity contribution in [2.75, 3.05) is 41.7 Å². The van der Waals surface area contributed by atoms with Crippen molar-refractivity contribution in [3.8, 4) is 11.5 Å². The van der Waals surface area contributed by atoms with E-state index in [4.69, 9.17) is 0 Å². The van der Waals surface area contributed by atoms with Gasteiger partial charge in [0.2, 0.25) is 5.95 Å². The normalized spacial score (nSPS) is 13.7. The lowest BCUT2D eigenvalue weighted by atomic mass is 10.3. The first-order valence-electron chi connectivity index (χ1n) is 10.3. The van der Waals surface area contributed by atoms with Crippen LogP contribution >= 0.6 is 11.3 Å². The van der Waals surface area contributed by atoms with Gasteiger partial charge in [-0.3, -0.25) is 5.32 Å². The highest BCUT2D eigenvalue weighted by Gasteiger charge is 2.14. The monoisotopic (exact) mass is 446 g/mol. The van der Waals surface area contributed by atoms with Crippen LogP contribution in [-0.2, 0) is 0 Å². The number of pyridine rings is 1. The molecule has 0 spiro atoms. The van der Waals surface area contributed by atoms with E-state index in [1.54, 1.807) is 35.9 Å². The summed E-state index contributed by atoms with van der Waals surface area (Å²) in [6.45, 7) is 5.88. The van der Waals surface area contributed by atoms with Gasteiger partial charge >= 0.3 is 0 Å². The molecule has 0 bridgehead atoms. The molecule has 1 aliphatic rings. The van der Waals surface area contributed by atoms with Crippen LogP contribution < -0.4 is 20.9 Å². The molecule has 0 aliphatic carbocycles. The maximum absolute atomic E-state index is 4.56. The molecule has 1 fully saturated rings. The highest BCUT2D eigenvalue weighted by Crippen LogP contribution is 2.29. The molecule has 5 rings (SSSR count). The second kappa shape index (κ2) is 9.20. The summed E-state index contributed by atoms with van der Waals surface area (Å²) >= 11 is 1.59. The average Bonchev–Trinajstić information content (AvgIpc) is 3.29. The Morgan fingerprint density at radius 2 is 1.72 bits per heavy atom. The number of aromatic nitrogens is 6. The Balaban J connectivity index is 1.29. The molecule has 0 radical (unpaired) electrons. The molecule has 1 saturated heterocycles. The van der Waals surface area contributed by atoms with Gasteiger partial charge in [0, 0.05) is 44.3 Å². The molecule has 4 aromatic heterocycles. The molecule has 1 aliphatic heterocycles. The second-order valence-corrected chi connectivity index (χ2v) is 8.19. The number of aryl methyl sites for hydroxylation is 1. The lowest BCUT2D eigenvalue weighted by molar-refractivity contribution is 0.591. The Kier molecular flexibility index (Phi) is 5.81. The Morgan fingerprint density at radius 3 is 2.56 bits per heavy atom. The van der Waals surface area contributed by atoms with Crippen molar-refractivity contribution in [3.63, 3.8) is 0 Å². The summed E-state index contributed by atoms with van der Waals surface area (Å²) in [5.41, 5.74) is 1.64. The molecule has 4 aromatic rings. The van der Waals surface area contributed by atoms with E-state index in [-0.39, 0.29) is 0 Å². The van der Waals surface area contributed by atoms with E-state index in [0.29, 0.717) is 23.4 Å². The largest absolute Gasteiger partial charge is 0.360 e. The number of hydrogen-bond donors (Lipinski definition) is 3. The molecule has 0 saturated carbocycles. The molecule has 0 atom stereocenters. The van der Waals surface area contributed by atoms with Gasteiger partial charge in [0.1, 0.15) is 22.3 Å². The van der Waals surface area contributed by atoms with E-state index >= 15 is 0 Å². The highest BCUT2D eigenvalue weighted by molar-refractivity contribution is 7.19. The fourth-order valence-corrected chi connectivity index (χ4v) is 4.15. The minimum absolute atomic E-state index is 0.464. The van der Waals surface area contributed by atoms with Crippen molar-refractivity contribution in [2.45, 2.75) is 6.92 Å². The van der Waals surface area contributed by atoms with Crippen LogP contribution in [0.1, 0.15) is 5.69 Å². The summed E-state index contributed by atoms with van der Waals surface area (Å²) in [6.07, 6.45) is 5.27. The first kappa shape index (κ1) is 20.2. The molecular formula is C21H22N10S. The Morgan fingerprint density at radius 1 is 0.906 bits per heavy atom. The van der Waals surface area contributed by atoms with Gasteiger partial charge < -0.3 is 15.5 Å². The molecular weight excluding hydrogens is 424 g/mol. The van der Waals surface area contributed by atoms with Gasteiger partial charge in [-0.2, -0.15) is 4.98 Å². The molecule has 32 heavy (non-hydrogen) atoms. The summed E-state index contributed by atoms with van der Waals surface area (Å²) in [5.74, 6) is 2.25. The number of hydrogen-bond acceptors (Lipinski definition) is 11. The summed E-state index contributed by atoms with van der Waals surface area (Å²) in [7, 11) is 0. The SMILES string of the molecule is Cc1cccc(-c2nccc(Nc3ccnc(Nc4ncc(N5CCNCC5)s4)n3)n2)n1. The van der Waals surface area contributed by atoms with E-state index in [1.807, 2.05) is 31.3 Å². The predicted octanol–water partition coefficient (Wildman–Crippen LogP) is 2.99. The maximum atomic E-state index is 4.56. The van der Waals surface area contributed by atoms with E-state index < -0.39 is 0 Å². The zero-order chi connectivity index (χ0) is 21.8. The lowest BCUT2D eigenvalue weighted by Crippen LogP contribution is -2.43. The van der Waals surface area contributed by atoms with Crippen molar-refractivity contribution < 1.29 is 0 Å². The summed E-state index contributed by atoms with van der Waals surface area (Å²) in [4.78, 5) is 29.0. The minimum Gasteiger partial charge on any atom is -0.360 e. The van der Waals surface area contributed by atoms with E-state index in [1.165, 1.54) is 0 Å². The number of nitrogens with one attached hydrogen (secondary N) is 3. The fourth-order valence-electron chi connectivity index (χ4n) is 3.29. The molecule has 0 unspecified atom stereocenters. The molecule has 11 heteroatoms. The zero-order valence-electron chi connectivity index (χ0n) is 17.5. The first-order valence-corrected chi connectivity index (χ1v) is 11.1. The average molecular weight is 447 g/mol. The Bertz CT molecular complexity index is 1200. The molecule has 10 nitrogen and oxygen atoms in total. The molecule has 5 heterocycles. The standard InChI is InChI=1S/C21H22N10S/c1-14-3-2-4-15(26-14)19-23-7-5-16(28-19)27-17-6-8-24-20(29-17)30-21-25-13-18(32-21)31-11-9-22-10-12-31/h2-8,13,22H,9-12H2,1H3,(H2,23,24,25,27,28,29,30). The van der Waals surface area contributed by atoms with Crippen LogP contribution in [0.25, 0.3) is 11.5 Å². The third-order valence-electron chi connectivity index (χ3n) is 4.83. The van der Waals surface area contributed by atoms with Crippen molar-refractivity contribution in [1.82, 2.24) is 35.2 Å². The van der Waals surface area contributed by atoms with E-state index in [0.717, 1.165) is 47.7 Å². The Hall–Kier alpha value is -3.70. The van der Waals surface area contributed by atoms with Crippen LogP contribution in [0, 0.1) is 6.92 Å². The first-order chi connectivity index (χ1) is 15.7. The van der Waals surface area contributed by atoms with Crippen LogP contribution in [-0.4, -0.2) is 56.1 Å². The van der Waals surface area contributed by atoms with Crippen LogP contribution in [0.15, 0.2) is 48.9 Å². The van der Waals surface area contributed by atoms with Gasteiger partial charge in [0.15, 0.2) is 11.0 Å². The van der Waals surface area contributed by atoms with E-state index in [9.17, 15) is 0 Å². The molecule has 3 N–H and O–H groups in total. The van der Waals surface area contributed by atoms with Gasteiger partial charge in [-0.25, -0.2) is 24.9 Å². The van der Waals surface area contributed by atoms with Gasteiger partial charge in [0.05, 0.1) is 6.20 Å².